The molecule has 0 saturated heterocycles. The zero-order valence-electron chi connectivity index (χ0n) is 23.7. The number of allylic oxidation sites excluding steroid dienone is 3. The molecule has 7 heteroatoms. The van der Waals surface area contributed by atoms with Crippen LogP contribution in [0.2, 0.25) is 0 Å². The van der Waals surface area contributed by atoms with Gasteiger partial charge in [-0.3, -0.25) is 9.35 Å². The van der Waals surface area contributed by atoms with Gasteiger partial charge in [-0.15, -0.1) is 0 Å². The molecule has 0 aromatic rings. The topological polar surface area (TPSA) is 101 Å². The third-order valence-corrected chi connectivity index (χ3v) is 13.1. The Bertz CT molecular complexity index is 1180. The predicted octanol–water partition coefficient (Wildman–Crippen LogP) is 6.98. The third-order valence-electron chi connectivity index (χ3n) is 12.6. The van der Waals surface area contributed by atoms with Crippen LogP contribution < -0.4 is 0 Å². The molecule has 3 fully saturated rings. The van der Waals surface area contributed by atoms with E-state index in [1.165, 1.54) is 11.1 Å². The number of hydrogen-bond donors (Lipinski definition) is 2. The molecular weight excluding hydrogens is 488 g/mol. The van der Waals surface area contributed by atoms with Crippen LogP contribution in [0.4, 0.5) is 0 Å². The zero-order chi connectivity index (χ0) is 27.4. The monoisotopic (exact) mass is 534 g/mol. The van der Waals surface area contributed by atoms with Crippen molar-refractivity contribution in [1.29, 1.82) is 0 Å². The maximum atomic E-state index is 12.8. The molecule has 6 nitrogen and oxygen atoms in total. The summed E-state index contributed by atoms with van der Waals surface area (Å²) < 4.78 is 37.9. The summed E-state index contributed by atoms with van der Waals surface area (Å²) in [6, 6.07) is 0. The SMILES string of the molecule is CC1(C)CCC2(C(=O)O)CCC3(C)C(=C2C1)C=CC1C2(C)CCC(OS(=O)(=O)O)C(C)(C)C2CCC13C. The molecule has 0 spiro atoms. The molecule has 0 aromatic carbocycles. The van der Waals surface area contributed by atoms with Crippen LogP contribution in [0.3, 0.4) is 0 Å². The van der Waals surface area contributed by atoms with E-state index >= 15 is 0 Å². The van der Waals surface area contributed by atoms with Gasteiger partial charge in [0.2, 0.25) is 0 Å². The molecule has 7 atom stereocenters. The molecule has 37 heavy (non-hydrogen) atoms. The van der Waals surface area contributed by atoms with Gasteiger partial charge in [0.15, 0.2) is 0 Å². The van der Waals surface area contributed by atoms with E-state index in [2.05, 4.69) is 60.6 Å². The van der Waals surface area contributed by atoms with Crippen molar-refractivity contribution in [1.82, 2.24) is 0 Å². The normalized spacial score (nSPS) is 46.3. The van der Waals surface area contributed by atoms with Gasteiger partial charge in [0, 0.05) is 0 Å². The minimum absolute atomic E-state index is 0.0194. The lowest BCUT2D eigenvalue weighted by molar-refractivity contribution is -0.179. The van der Waals surface area contributed by atoms with Gasteiger partial charge in [-0.25, -0.2) is 4.18 Å². The number of carboxylic acids is 1. The van der Waals surface area contributed by atoms with E-state index in [9.17, 15) is 22.9 Å². The summed E-state index contributed by atoms with van der Waals surface area (Å²) in [5.74, 6) is -0.105. The first-order chi connectivity index (χ1) is 16.8. The van der Waals surface area contributed by atoms with Crippen LogP contribution in [0.25, 0.3) is 0 Å². The molecule has 7 unspecified atom stereocenters. The van der Waals surface area contributed by atoms with Crippen molar-refractivity contribution in [2.24, 2.45) is 44.3 Å². The van der Waals surface area contributed by atoms with Crippen molar-refractivity contribution in [2.75, 3.05) is 0 Å². The number of carboxylic acid groups (broad SMARTS) is 1. The smallest absolute Gasteiger partial charge is 0.397 e. The lowest BCUT2D eigenvalue weighted by atomic mass is 9.35. The average Bonchev–Trinajstić information content (AvgIpc) is 2.75. The lowest BCUT2D eigenvalue weighted by Crippen LogP contribution is -2.63. The molecule has 3 saturated carbocycles. The molecule has 0 heterocycles. The van der Waals surface area contributed by atoms with Gasteiger partial charge >= 0.3 is 16.4 Å². The fourth-order valence-electron chi connectivity index (χ4n) is 10.2. The average molecular weight is 535 g/mol. The molecule has 5 rings (SSSR count). The Morgan fingerprint density at radius 3 is 2.22 bits per heavy atom. The highest BCUT2D eigenvalue weighted by Crippen LogP contribution is 2.74. The van der Waals surface area contributed by atoms with Crippen LogP contribution in [0, 0.1) is 44.3 Å². The van der Waals surface area contributed by atoms with Gasteiger partial charge < -0.3 is 5.11 Å². The third kappa shape index (κ3) is 3.69. The Hall–Kier alpha value is -1.18. The number of carbonyl (C=O) groups is 1. The number of aliphatic carboxylic acids is 1. The molecule has 5 aliphatic carbocycles. The minimum atomic E-state index is -4.52. The second kappa shape index (κ2) is 7.94. The largest absolute Gasteiger partial charge is 0.481 e. The summed E-state index contributed by atoms with van der Waals surface area (Å²) in [5, 5.41) is 10.5. The van der Waals surface area contributed by atoms with Crippen LogP contribution in [-0.4, -0.2) is 30.2 Å². The summed E-state index contributed by atoms with van der Waals surface area (Å²) in [4.78, 5) is 12.8. The van der Waals surface area contributed by atoms with Crippen molar-refractivity contribution < 1.29 is 27.1 Å². The van der Waals surface area contributed by atoms with Gasteiger partial charge in [-0.05, 0) is 108 Å². The molecule has 0 radical (unpaired) electrons. The molecular formula is C30H46O6S. The van der Waals surface area contributed by atoms with Crippen LogP contribution in [-0.2, 0) is 19.4 Å². The molecule has 208 valence electrons. The first-order valence-corrected chi connectivity index (χ1v) is 15.5. The molecule has 5 aliphatic rings. The summed E-state index contributed by atoms with van der Waals surface area (Å²) >= 11 is 0. The quantitative estimate of drug-likeness (QED) is 0.379. The Kier molecular flexibility index (Phi) is 5.88. The van der Waals surface area contributed by atoms with E-state index in [0.29, 0.717) is 18.8 Å². The molecule has 0 bridgehead atoms. The second-order valence-electron chi connectivity index (χ2n) is 15.2. The Balaban J connectivity index is 1.61. The Morgan fingerprint density at radius 1 is 0.946 bits per heavy atom. The fraction of sp³-hybridized carbons (Fsp3) is 0.833. The summed E-state index contributed by atoms with van der Waals surface area (Å²) in [6.45, 7) is 16.0. The molecule has 0 aliphatic heterocycles. The van der Waals surface area contributed by atoms with E-state index in [0.717, 1.165) is 44.9 Å². The van der Waals surface area contributed by atoms with E-state index in [4.69, 9.17) is 4.18 Å². The van der Waals surface area contributed by atoms with Crippen LogP contribution in [0.1, 0.15) is 106 Å². The van der Waals surface area contributed by atoms with Crippen molar-refractivity contribution in [3.8, 4) is 0 Å². The molecule has 2 N–H and O–H groups in total. The van der Waals surface area contributed by atoms with E-state index in [-0.39, 0.29) is 27.6 Å². The van der Waals surface area contributed by atoms with Crippen molar-refractivity contribution in [3.05, 3.63) is 23.3 Å². The van der Waals surface area contributed by atoms with Gasteiger partial charge in [-0.2, -0.15) is 8.42 Å². The minimum Gasteiger partial charge on any atom is -0.481 e. The van der Waals surface area contributed by atoms with E-state index in [1.807, 2.05) is 0 Å². The van der Waals surface area contributed by atoms with Crippen molar-refractivity contribution in [2.45, 2.75) is 112 Å². The zero-order valence-corrected chi connectivity index (χ0v) is 24.5. The molecule has 0 aromatic heterocycles. The Labute approximate surface area is 223 Å². The van der Waals surface area contributed by atoms with Crippen LogP contribution >= 0.6 is 0 Å². The summed E-state index contributed by atoms with van der Waals surface area (Å²) in [6.07, 6.45) is 11.6. The summed E-state index contributed by atoms with van der Waals surface area (Å²) in [7, 11) is -4.52. The fourth-order valence-corrected chi connectivity index (χ4v) is 10.9. The standard InChI is InChI=1S/C30H46O6S/c1-25(2)14-16-30(24(31)32)17-15-28(6)19(20(30)18-25)8-9-22-27(5)12-11-23(36-37(33,34)35)26(3,4)21(27)10-13-29(22,28)7/h8-9,21-23H,10-18H2,1-7H3,(H,31,32)(H,33,34,35). The molecule has 0 amide bonds. The van der Waals surface area contributed by atoms with Crippen molar-refractivity contribution in [3.63, 3.8) is 0 Å². The lowest BCUT2D eigenvalue weighted by Gasteiger charge is -2.69. The highest BCUT2D eigenvalue weighted by Gasteiger charge is 2.67. The highest BCUT2D eigenvalue weighted by molar-refractivity contribution is 7.80. The van der Waals surface area contributed by atoms with E-state index < -0.39 is 33.3 Å². The number of fused-ring (bicyclic) bond motifs is 6. The van der Waals surface area contributed by atoms with Crippen LogP contribution in [0.15, 0.2) is 23.3 Å². The van der Waals surface area contributed by atoms with Crippen LogP contribution in [0.5, 0.6) is 0 Å². The second-order valence-corrected chi connectivity index (χ2v) is 16.2. The van der Waals surface area contributed by atoms with Crippen molar-refractivity contribution >= 4 is 16.4 Å². The van der Waals surface area contributed by atoms with Gasteiger partial charge in [0.05, 0.1) is 11.5 Å². The number of hydrogen-bond acceptors (Lipinski definition) is 4. The predicted molar refractivity (Wildman–Crippen MR) is 143 cm³/mol. The van der Waals surface area contributed by atoms with E-state index in [1.54, 1.807) is 0 Å². The summed E-state index contributed by atoms with van der Waals surface area (Å²) in [5.41, 5.74) is 1.27. The first-order valence-electron chi connectivity index (χ1n) is 14.1. The maximum Gasteiger partial charge on any atom is 0.397 e. The Morgan fingerprint density at radius 2 is 1.59 bits per heavy atom. The number of rotatable bonds is 3. The maximum absolute atomic E-state index is 12.8. The van der Waals surface area contributed by atoms with Gasteiger partial charge in [0.1, 0.15) is 0 Å². The van der Waals surface area contributed by atoms with Gasteiger partial charge in [-0.1, -0.05) is 60.6 Å². The first kappa shape index (κ1) is 27.4. The highest BCUT2D eigenvalue weighted by atomic mass is 32.3. The van der Waals surface area contributed by atoms with Gasteiger partial charge in [0.25, 0.3) is 0 Å².